The van der Waals surface area contributed by atoms with Gasteiger partial charge < -0.3 is 5.11 Å². The van der Waals surface area contributed by atoms with Gasteiger partial charge in [-0.05, 0) is 59.7 Å². The Hall–Kier alpha value is -0.790. The third-order valence-electron chi connectivity index (χ3n) is 2.68. The maximum Gasteiger partial charge on any atom is 0.293 e. The van der Waals surface area contributed by atoms with Gasteiger partial charge in [0.2, 0.25) is 0 Å². The molecular formula is C13H11Br2NO3S. The zero-order valence-electron chi connectivity index (χ0n) is 10.7. The highest BCUT2D eigenvalue weighted by atomic mass is 79.9. The van der Waals surface area contributed by atoms with E-state index in [0.717, 1.165) is 16.2 Å². The van der Waals surface area contributed by atoms with Crippen molar-refractivity contribution in [1.29, 1.82) is 0 Å². The second-order valence-electron chi connectivity index (χ2n) is 4.47. The zero-order chi connectivity index (χ0) is 15.0. The maximum absolute atomic E-state index is 12.2. The van der Waals surface area contributed by atoms with Gasteiger partial charge in [-0.25, -0.2) is 0 Å². The van der Waals surface area contributed by atoms with Gasteiger partial charge in [0.1, 0.15) is 5.75 Å². The number of benzene rings is 1. The number of nitrogens with zero attached hydrogens (tertiary/aromatic N) is 1. The Kier molecular flexibility index (Phi) is 4.61. The SMILES string of the molecule is CC(C)N1C(=O)SC(=Cc2cc(Br)cc(Br)c2O)C1=O. The highest BCUT2D eigenvalue weighted by Crippen LogP contribution is 2.37. The molecule has 20 heavy (non-hydrogen) atoms. The summed E-state index contributed by atoms with van der Waals surface area (Å²) in [5.41, 5.74) is 0.473. The van der Waals surface area contributed by atoms with E-state index in [4.69, 9.17) is 0 Å². The molecule has 0 radical (unpaired) electrons. The van der Waals surface area contributed by atoms with Crippen LogP contribution >= 0.6 is 43.6 Å². The van der Waals surface area contributed by atoms with E-state index in [9.17, 15) is 14.7 Å². The van der Waals surface area contributed by atoms with E-state index in [1.807, 2.05) is 0 Å². The minimum absolute atomic E-state index is 0.0320. The van der Waals surface area contributed by atoms with Crippen LogP contribution in [-0.4, -0.2) is 27.2 Å². The summed E-state index contributed by atoms with van der Waals surface area (Å²) in [4.78, 5) is 25.5. The number of aromatic hydroxyl groups is 1. The summed E-state index contributed by atoms with van der Waals surface area (Å²) in [5, 5.41) is 9.69. The van der Waals surface area contributed by atoms with Gasteiger partial charge in [-0.3, -0.25) is 14.5 Å². The average molecular weight is 421 g/mol. The van der Waals surface area contributed by atoms with Crippen LogP contribution < -0.4 is 0 Å². The van der Waals surface area contributed by atoms with Gasteiger partial charge in [0, 0.05) is 16.1 Å². The largest absolute Gasteiger partial charge is 0.506 e. The van der Waals surface area contributed by atoms with Gasteiger partial charge in [-0.15, -0.1) is 0 Å². The van der Waals surface area contributed by atoms with Crippen molar-refractivity contribution in [3.8, 4) is 5.75 Å². The molecule has 0 aliphatic carbocycles. The smallest absolute Gasteiger partial charge is 0.293 e. The molecule has 2 rings (SSSR count). The lowest BCUT2D eigenvalue weighted by Gasteiger charge is -2.16. The molecule has 1 saturated heterocycles. The maximum atomic E-state index is 12.2. The Morgan fingerprint density at radius 1 is 1.30 bits per heavy atom. The number of imide groups is 1. The molecule has 1 aromatic rings. The van der Waals surface area contributed by atoms with Crippen LogP contribution in [0.2, 0.25) is 0 Å². The van der Waals surface area contributed by atoms with Gasteiger partial charge >= 0.3 is 0 Å². The molecule has 0 atom stereocenters. The van der Waals surface area contributed by atoms with Gasteiger partial charge in [-0.2, -0.15) is 0 Å². The van der Waals surface area contributed by atoms with Crippen LogP contribution in [0.25, 0.3) is 6.08 Å². The van der Waals surface area contributed by atoms with Crippen LogP contribution in [0.5, 0.6) is 5.75 Å². The molecule has 1 aliphatic rings. The Bertz CT molecular complexity index is 628. The first-order valence-corrected chi connectivity index (χ1v) is 8.16. The third kappa shape index (κ3) is 2.94. The molecule has 0 aromatic heterocycles. The van der Waals surface area contributed by atoms with Crippen molar-refractivity contribution in [2.24, 2.45) is 0 Å². The first kappa shape index (κ1) is 15.6. The fraction of sp³-hybridized carbons (Fsp3) is 0.231. The van der Waals surface area contributed by atoms with Crippen molar-refractivity contribution in [3.05, 3.63) is 31.5 Å². The summed E-state index contributed by atoms with van der Waals surface area (Å²) in [6, 6.07) is 3.20. The number of carbonyl (C=O) groups excluding carboxylic acids is 2. The number of carbonyl (C=O) groups is 2. The lowest BCUT2D eigenvalue weighted by Crippen LogP contribution is -2.34. The molecule has 1 N–H and O–H groups in total. The molecule has 4 nitrogen and oxygen atoms in total. The lowest BCUT2D eigenvalue weighted by atomic mass is 10.2. The van der Waals surface area contributed by atoms with Crippen LogP contribution in [0.4, 0.5) is 4.79 Å². The summed E-state index contributed by atoms with van der Waals surface area (Å²) in [6.07, 6.45) is 1.53. The highest BCUT2D eigenvalue weighted by Gasteiger charge is 2.36. The summed E-state index contributed by atoms with van der Waals surface area (Å²) < 4.78 is 1.28. The molecule has 0 unspecified atom stereocenters. The van der Waals surface area contributed by atoms with Crippen LogP contribution in [0.1, 0.15) is 19.4 Å². The zero-order valence-corrected chi connectivity index (χ0v) is 14.7. The molecule has 1 aliphatic heterocycles. The van der Waals surface area contributed by atoms with E-state index in [1.54, 1.807) is 26.0 Å². The van der Waals surface area contributed by atoms with Crippen molar-refractivity contribution in [3.63, 3.8) is 0 Å². The molecule has 106 valence electrons. The second kappa shape index (κ2) is 5.91. The summed E-state index contributed by atoms with van der Waals surface area (Å²) in [6.45, 7) is 3.57. The number of thioether (sulfide) groups is 1. The van der Waals surface area contributed by atoms with Crippen molar-refractivity contribution < 1.29 is 14.7 Å². The minimum atomic E-state index is -0.328. The fourth-order valence-electron chi connectivity index (χ4n) is 1.76. The molecule has 0 spiro atoms. The fourth-order valence-corrected chi connectivity index (χ4v) is 3.97. The Labute approximate surface area is 137 Å². The summed E-state index contributed by atoms with van der Waals surface area (Å²) in [7, 11) is 0. The number of amides is 2. The monoisotopic (exact) mass is 419 g/mol. The van der Waals surface area contributed by atoms with Crippen LogP contribution in [-0.2, 0) is 4.79 Å². The molecule has 1 aromatic carbocycles. The van der Waals surface area contributed by atoms with E-state index >= 15 is 0 Å². The number of phenolic OH excluding ortho intramolecular Hbond substituents is 1. The Balaban J connectivity index is 2.43. The molecule has 0 bridgehead atoms. The van der Waals surface area contributed by atoms with E-state index in [2.05, 4.69) is 31.9 Å². The Morgan fingerprint density at radius 2 is 1.95 bits per heavy atom. The first-order valence-electron chi connectivity index (χ1n) is 5.76. The molecule has 2 amide bonds. The van der Waals surface area contributed by atoms with Crippen molar-refractivity contribution in [1.82, 2.24) is 4.90 Å². The summed E-state index contributed by atoms with van der Waals surface area (Å²) >= 11 is 7.43. The van der Waals surface area contributed by atoms with Gasteiger partial charge in [-0.1, -0.05) is 15.9 Å². The van der Waals surface area contributed by atoms with Crippen molar-refractivity contribution in [2.45, 2.75) is 19.9 Å². The van der Waals surface area contributed by atoms with Crippen molar-refractivity contribution in [2.75, 3.05) is 0 Å². The predicted molar refractivity (Wildman–Crippen MR) is 86.5 cm³/mol. The minimum Gasteiger partial charge on any atom is -0.506 e. The summed E-state index contributed by atoms with van der Waals surface area (Å²) in [5.74, 6) is -0.296. The number of halogens is 2. The second-order valence-corrected chi connectivity index (χ2v) is 7.23. The van der Waals surface area contributed by atoms with E-state index in [1.165, 1.54) is 11.0 Å². The lowest BCUT2D eigenvalue weighted by molar-refractivity contribution is -0.123. The van der Waals surface area contributed by atoms with E-state index < -0.39 is 0 Å². The highest BCUT2D eigenvalue weighted by molar-refractivity contribution is 9.11. The number of phenols is 1. The quantitative estimate of drug-likeness (QED) is 0.722. The molecule has 0 saturated carbocycles. The van der Waals surface area contributed by atoms with E-state index in [0.29, 0.717) is 14.9 Å². The molecular weight excluding hydrogens is 410 g/mol. The van der Waals surface area contributed by atoms with Crippen LogP contribution in [0.15, 0.2) is 26.0 Å². The molecule has 1 heterocycles. The normalized spacial score (nSPS) is 17.6. The van der Waals surface area contributed by atoms with Crippen LogP contribution in [0.3, 0.4) is 0 Å². The van der Waals surface area contributed by atoms with E-state index in [-0.39, 0.29) is 22.9 Å². The molecule has 7 heteroatoms. The topological polar surface area (TPSA) is 57.6 Å². The van der Waals surface area contributed by atoms with Crippen LogP contribution in [0, 0.1) is 0 Å². The first-order chi connectivity index (χ1) is 9.31. The number of hydrogen-bond donors (Lipinski definition) is 1. The standard InChI is InChI=1S/C13H11Br2NO3S/c1-6(2)16-12(18)10(20-13(16)19)4-7-3-8(14)5-9(15)11(7)17/h3-6,17H,1-2H3. The van der Waals surface area contributed by atoms with Crippen molar-refractivity contribution >= 4 is 60.8 Å². The number of rotatable bonds is 2. The number of hydrogen-bond acceptors (Lipinski definition) is 4. The predicted octanol–water partition coefficient (Wildman–Crippen LogP) is 4.36. The molecule has 1 fully saturated rings. The van der Waals surface area contributed by atoms with Gasteiger partial charge in [0.25, 0.3) is 11.1 Å². The Morgan fingerprint density at radius 3 is 2.50 bits per heavy atom. The average Bonchev–Trinajstić information content (AvgIpc) is 2.60. The van der Waals surface area contributed by atoms with Gasteiger partial charge in [0.05, 0.1) is 9.38 Å². The van der Waals surface area contributed by atoms with Gasteiger partial charge in [0.15, 0.2) is 0 Å². The third-order valence-corrected chi connectivity index (χ3v) is 4.63.